The minimum atomic E-state index is -0.986. The molecule has 0 aromatic heterocycles. The van der Waals surface area contributed by atoms with Crippen molar-refractivity contribution in [3.8, 4) is 0 Å². The number of nitrogens with zero attached hydrogens (tertiary/aromatic N) is 1. The number of likely N-dealkylation sites (N-methyl/N-ethyl adjacent to an activating group) is 1. The van der Waals surface area contributed by atoms with E-state index in [1.165, 1.54) is 17.0 Å². The summed E-state index contributed by atoms with van der Waals surface area (Å²) < 4.78 is 12.9. The van der Waals surface area contributed by atoms with Crippen LogP contribution in [0.15, 0.2) is 18.2 Å². The molecule has 4 nitrogen and oxygen atoms in total. The molecule has 0 bridgehead atoms. The van der Waals surface area contributed by atoms with Crippen LogP contribution in [0.5, 0.6) is 0 Å². The summed E-state index contributed by atoms with van der Waals surface area (Å²) >= 11 is 5.83. The van der Waals surface area contributed by atoms with Crippen LogP contribution in [0, 0.1) is 5.82 Å². The molecule has 0 atom stereocenters. The lowest BCUT2D eigenvalue weighted by Gasteiger charge is -2.28. The molecule has 1 aromatic carbocycles. The zero-order valence-electron chi connectivity index (χ0n) is 11.2. The van der Waals surface area contributed by atoms with Crippen molar-refractivity contribution < 1.29 is 14.3 Å². The number of hydrogen-bond donors (Lipinski definition) is 2. The van der Waals surface area contributed by atoms with Crippen molar-refractivity contribution in [3.63, 3.8) is 0 Å². The lowest BCUT2D eigenvalue weighted by Crippen LogP contribution is -2.44. The molecule has 1 rings (SSSR count). The minimum absolute atomic E-state index is 0.132. The van der Waals surface area contributed by atoms with E-state index in [1.807, 2.05) is 0 Å². The van der Waals surface area contributed by atoms with Gasteiger partial charge >= 0.3 is 6.03 Å². The van der Waals surface area contributed by atoms with Gasteiger partial charge in [-0.05, 0) is 39.0 Å². The Morgan fingerprint density at radius 3 is 2.63 bits per heavy atom. The normalized spacial score (nSPS) is 11.3. The fraction of sp³-hybridized carbons (Fsp3) is 0.462. The van der Waals surface area contributed by atoms with E-state index in [-0.39, 0.29) is 11.6 Å². The van der Waals surface area contributed by atoms with Gasteiger partial charge in [-0.2, -0.15) is 0 Å². The summed E-state index contributed by atoms with van der Waals surface area (Å²) in [5, 5.41) is 12.4. The summed E-state index contributed by atoms with van der Waals surface area (Å²) in [7, 11) is 0. The zero-order valence-corrected chi connectivity index (χ0v) is 12.0. The number of nitrogens with one attached hydrogen (secondary N) is 1. The van der Waals surface area contributed by atoms with Crippen molar-refractivity contribution in [1.29, 1.82) is 0 Å². The minimum Gasteiger partial charge on any atom is -0.389 e. The molecule has 0 saturated heterocycles. The molecule has 0 fully saturated rings. The second kappa shape index (κ2) is 6.21. The second-order valence-corrected chi connectivity index (χ2v) is 5.29. The Morgan fingerprint density at radius 2 is 2.16 bits per heavy atom. The predicted octanol–water partition coefficient (Wildman–Crippen LogP) is 3.10. The van der Waals surface area contributed by atoms with Gasteiger partial charge in [-0.15, -0.1) is 0 Å². The molecule has 106 valence electrons. The molecule has 1 aromatic rings. The number of carbonyl (C=O) groups is 1. The lowest BCUT2D eigenvalue weighted by molar-refractivity contribution is 0.0501. The van der Waals surface area contributed by atoms with Crippen LogP contribution in [0.25, 0.3) is 0 Å². The number of urea groups is 1. The number of amides is 2. The molecule has 0 radical (unpaired) electrons. The number of benzene rings is 1. The summed E-state index contributed by atoms with van der Waals surface area (Å²) in [6.07, 6.45) is 0. The number of hydrogen-bond acceptors (Lipinski definition) is 2. The van der Waals surface area contributed by atoms with Crippen molar-refractivity contribution in [3.05, 3.63) is 29.0 Å². The largest absolute Gasteiger partial charge is 0.389 e. The lowest BCUT2D eigenvalue weighted by atomic mass is 10.1. The van der Waals surface area contributed by atoms with Crippen LogP contribution in [-0.4, -0.2) is 34.7 Å². The SMILES string of the molecule is CCN(CC(C)(C)O)C(=O)Nc1ccc(F)cc1Cl. The van der Waals surface area contributed by atoms with Crippen LogP contribution in [-0.2, 0) is 0 Å². The predicted molar refractivity (Wildman–Crippen MR) is 74.0 cm³/mol. The highest BCUT2D eigenvalue weighted by atomic mass is 35.5. The second-order valence-electron chi connectivity index (χ2n) is 4.88. The van der Waals surface area contributed by atoms with Crippen molar-refractivity contribution in [2.75, 3.05) is 18.4 Å². The maximum absolute atomic E-state index is 12.9. The number of rotatable bonds is 4. The number of halogens is 2. The first-order chi connectivity index (χ1) is 8.73. The molecule has 0 aliphatic heterocycles. The number of aliphatic hydroxyl groups is 1. The molecule has 0 unspecified atom stereocenters. The third-order valence-electron chi connectivity index (χ3n) is 2.42. The Labute approximate surface area is 117 Å². The molecular formula is C13H18ClFN2O2. The van der Waals surface area contributed by atoms with E-state index >= 15 is 0 Å². The summed E-state index contributed by atoms with van der Waals surface area (Å²) in [5.74, 6) is -0.466. The molecule has 0 aliphatic rings. The summed E-state index contributed by atoms with van der Waals surface area (Å²) in [4.78, 5) is 13.5. The van der Waals surface area contributed by atoms with Crippen molar-refractivity contribution in [2.45, 2.75) is 26.4 Å². The Morgan fingerprint density at radius 1 is 1.53 bits per heavy atom. The summed E-state index contributed by atoms with van der Waals surface area (Å²) in [6, 6.07) is 3.35. The molecule has 6 heteroatoms. The van der Waals surface area contributed by atoms with Gasteiger partial charge in [0.2, 0.25) is 0 Å². The maximum Gasteiger partial charge on any atom is 0.321 e. The van der Waals surface area contributed by atoms with E-state index in [2.05, 4.69) is 5.32 Å². The average Bonchev–Trinajstić information content (AvgIpc) is 2.28. The first-order valence-electron chi connectivity index (χ1n) is 5.96. The first kappa shape index (κ1) is 15.7. The van der Waals surface area contributed by atoms with Crippen molar-refractivity contribution >= 4 is 23.3 Å². The van der Waals surface area contributed by atoms with E-state index in [9.17, 15) is 14.3 Å². The molecule has 2 N–H and O–H groups in total. The van der Waals surface area contributed by atoms with Crippen LogP contribution in [0.4, 0.5) is 14.9 Å². The molecule has 19 heavy (non-hydrogen) atoms. The van der Waals surface area contributed by atoms with Crippen molar-refractivity contribution in [2.24, 2.45) is 0 Å². The van der Waals surface area contributed by atoms with Gasteiger partial charge in [0.05, 0.1) is 22.9 Å². The number of carbonyl (C=O) groups excluding carboxylic acids is 1. The van der Waals surface area contributed by atoms with Gasteiger partial charge in [-0.25, -0.2) is 9.18 Å². The standard InChI is InChI=1S/C13H18ClFN2O2/c1-4-17(8-13(2,3)19)12(18)16-11-6-5-9(15)7-10(11)14/h5-7,19H,4,8H2,1-3H3,(H,16,18). The average molecular weight is 289 g/mol. The van der Waals surface area contributed by atoms with Crippen LogP contribution >= 0.6 is 11.6 Å². The molecule has 2 amide bonds. The Hall–Kier alpha value is -1.33. The highest BCUT2D eigenvalue weighted by Crippen LogP contribution is 2.22. The zero-order chi connectivity index (χ0) is 14.6. The van der Waals surface area contributed by atoms with E-state index in [1.54, 1.807) is 20.8 Å². The third kappa shape index (κ3) is 5.04. The fourth-order valence-electron chi connectivity index (χ4n) is 1.58. The van der Waals surface area contributed by atoms with Crippen molar-refractivity contribution in [1.82, 2.24) is 4.90 Å². The summed E-state index contributed by atoms with van der Waals surface area (Å²) in [6.45, 7) is 5.67. The van der Waals surface area contributed by atoms with Gasteiger partial charge in [-0.1, -0.05) is 11.6 Å². The molecule has 0 saturated carbocycles. The van der Waals surface area contributed by atoms with E-state index in [0.29, 0.717) is 12.2 Å². The third-order valence-corrected chi connectivity index (χ3v) is 2.73. The molecule has 0 spiro atoms. The monoisotopic (exact) mass is 288 g/mol. The Balaban J connectivity index is 2.77. The van der Waals surface area contributed by atoms with Crippen LogP contribution < -0.4 is 5.32 Å². The van der Waals surface area contributed by atoms with E-state index in [0.717, 1.165) is 6.07 Å². The quantitative estimate of drug-likeness (QED) is 0.894. The Kier molecular flexibility index (Phi) is 5.14. The van der Waals surface area contributed by atoms with Gasteiger partial charge in [0.15, 0.2) is 0 Å². The summed E-state index contributed by atoms with van der Waals surface area (Å²) in [5.41, 5.74) is -0.651. The van der Waals surface area contributed by atoms with E-state index < -0.39 is 17.4 Å². The highest BCUT2D eigenvalue weighted by molar-refractivity contribution is 6.33. The van der Waals surface area contributed by atoms with Gasteiger partial charge in [0.25, 0.3) is 0 Å². The molecule has 0 aliphatic carbocycles. The topological polar surface area (TPSA) is 52.6 Å². The first-order valence-corrected chi connectivity index (χ1v) is 6.34. The van der Waals surface area contributed by atoms with Gasteiger partial charge < -0.3 is 15.3 Å². The Bertz CT molecular complexity index is 460. The molecule has 0 heterocycles. The van der Waals surface area contributed by atoms with Gasteiger partial charge in [0, 0.05) is 6.54 Å². The van der Waals surface area contributed by atoms with Crippen LogP contribution in [0.1, 0.15) is 20.8 Å². The number of anilines is 1. The van der Waals surface area contributed by atoms with E-state index in [4.69, 9.17) is 11.6 Å². The van der Waals surface area contributed by atoms with Crippen LogP contribution in [0.2, 0.25) is 5.02 Å². The van der Waals surface area contributed by atoms with Crippen LogP contribution in [0.3, 0.4) is 0 Å². The molecular weight excluding hydrogens is 271 g/mol. The maximum atomic E-state index is 12.9. The smallest absolute Gasteiger partial charge is 0.321 e. The highest BCUT2D eigenvalue weighted by Gasteiger charge is 2.21. The fourth-order valence-corrected chi connectivity index (χ4v) is 1.79. The van der Waals surface area contributed by atoms with Gasteiger partial charge in [-0.3, -0.25) is 0 Å². The van der Waals surface area contributed by atoms with Gasteiger partial charge in [0.1, 0.15) is 5.82 Å².